The lowest BCUT2D eigenvalue weighted by atomic mass is 9.88. The number of aryl methyl sites for hydroxylation is 1. The van der Waals surface area contributed by atoms with Gasteiger partial charge in [-0.15, -0.1) is 0 Å². The fourth-order valence-corrected chi connectivity index (χ4v) is 4.49. The van der Waals surface area contributed by atoms with Gasteiger partial charge in [-0.25, -0.2) is 0 Å². The van der Waals surface area contributed by atoms with Crippen LogP contribution in [0.4, 0.5) is 0 Å². The van der Waals surface area contributed by atoms with Gasteiger partial charge in [0.15, 0.2) is 18.4 Å². The summed E-state index contributed by atoms with van der Waals surface area (Å²) in [4.78, 5) is 52.8. The molecular weight excluding hydrogens is 476 g/mol. The van der Waals surface area contributed by atoms with E-state index in [1.54, 1.807) is 30.3 Å². The summed E-state index contributed by atoms with van der Waals surface area (Å²) in [6, 6.07) is 11.2. The second-order valence-corrected chi connectivity index (χ2v) is 8.78. The summed E-state index contributed by atoms with van der Waals surface area (Å²) in [5.74, 6) is -0.458. The zero-order chi connectivity index (χ0) is 26.4. The molecule has 186 valence electrons. The number of methoxy groups -OCH3 is 1. The first-order valence-electron chi connectivity index (χ1n) is 11.4. The van der Waals surface area contributed by atoms with E-state index >= 15 is 0 Å². The summed E-state index contributed by atoms with van der Waals surface area (Å²) in [7, 11) is 1.49. The monoisotopic (exact) mass is 498 g/mol. The number of rotatable bonds is 6. The Morgan fingerprint density at radius 1 is 0.865 bits per heavy atom. The minimum absolute atomic E-state index is 0.00217. The Bertz CT molecular complexity index is 1870. The van der Waals surface area contributed by atoms with E-state index in [9.17, 15) is 19.2 Å². The molecule has 0 fully saturated rings. The van der Waals surface area contributed by atoms with E-state index in [1.807, 2.05) is 6.92 Å². The van der Waals surface area contributed by atoms with Gasteiger partial charge in [-0.1, -0.05) is 6.07 Å². The van der Waals surface area contributed by atoms with Crippen molar-refractivity contribution in [3.8, 4) is 16.9 Å². The Balaban J connectivity index is 1.89. The highest BCUT2D eigenvalue weighted by molar-refractivity contribution is 6.17. The Hall–Kier alpha value is -4.56. The van der Waals surface area contributed by atoms with E-state index in [2.05, 4.69) is 0 Å². The average molecular weight is 498 g/mol. The highest BCUT2D eigenvalue weighted by atomic mass is 16.7. The molecule has 8 heteroatoms. The number of carbonyl (C=O) groups excluding carboxylic acids is 2. The molecule has 0 saturated heterocycles. The smallest absolute Gasteiger partial charge is 0.200 e. The lowest BCUT2D eigenvalue weighted by Gasteiger charge is -2.15. The summed E-state index contributed by atoms with van der Waals surface area (Å²) in [5.41, 5.74) is 0.686. The summed E-state index contributed by atoms with van der Waals surface area (Å²) in [5, 5.41) is 0.633. The van der Waals surface area contributed by atoms with Gasteiger partial charge in [0, 0.05) is 24.3 Å². The first kappa shape index (κ1) is 24.1. The maximum absolute atomic E-state index is 13.6. The standard InChI is InChI=1S/C29H22O8/c1-14-5-7-19-24(9-14)37-29-21(27(19)32)11-20(15(2)30)26(25(29)16(3)31)22-12-35-23-10-17(36-13-34-4)6-8-18(23)28(22)33/h5-12H,13H2,1-4H3. The summed E-state index contributed by atoms with van der Waals surface area (Å²) in [6.45, 7) is 4.48. The van der Waals surface area contributed by atoms with Crippen LogP contribution >= 0.6 is 0 Å². The topological polar surface area (TPSA) is 113 Å². The molecule has 0 aliphatic heterocycles. The molecule has 37 heavy (non-hydrogen) atoms. The molecule has 2 heterocycles. The van der Waals surface area contributed by atoms with Crippen LogP contribution in [0.5, 0.6) is 5.75 Å². The van der Waals surface area contributed by atoms with Crippen molar-refractivity contribution in [2.24, 2.45) is 0 Å². The lowest BCUT2D eigenvalue weighted by Crippen LogP contribution is -2.14. The molecule has 0 saturated carbocycles. The van der Waals surface area contributed by atoms with Gasteiger partial charge in [0.1, 0.15) is 28.8 Å². The maximum atomic E-state index is 13.6. The maximum Gasteiger partial charge on any atom is 0.200 e. The molecule has 5 aromatic rings. The highest BCUT2D eigenvalue weighted by Gasteiger charge is 2.27. The second kappa shape index (κ2) is 9.15. The second-order valence-electron chi connectivity index (χ2n) is 8.78. The quantitative estimate of drug-likeness (QED) is 0.173. The molecule has 0 N–H and O–H groups in total. The first-order chi connectivity index (χ1) is 17.7. The molecule has 0 unspecified atom stereocenters. The molecule has 0 bridgehead atoms. The first-order valence-corrected chi connectivity index (χ1v) is 11.4. The number of hydrogen-bond acceptors (Lipinski definition) is 8. The summed E-state index contributed by atoms with van der Waals surface area (Å²) >= 11 is 0. The average Bonchev–Trinajstić information content (AvgIpc) is 2.86. The SMILES string of the molecule is COCOc1ccc2c(=O)c(-c3c(C(C)=O)cc4c(=O)c5ccc(C)cc5oc4c3C(C)=O)coc2c1. The van der Waals surface area contributed by atoms with Crippen molar-refractivity contribution >= 4 is 44.5 Å². The zero-order valence-electron chi connectivity index (χ0n) is 20.6. The molecule has 0 spiro atoms. The third-order valence-corrected chi connectivity index (χ3v) is 6.21. The number of fused-ring (bicyclic) bond motifs is 3. The van der Waals surface area contributed by atoms with Crippen molar-refractivity contribution < 1.29 is 27.9 Å². The van der Waals surface area contributed by atoms with Gasteiger partial charge < -0.3 is 18.3 Å². The van der Waals surface area contributed by atoms with Crippen molar-refractivity contribution in [3.63, 3.8) is 0 Å². The van der Waals surface area contributed by atoms with Crippen molar-refractivity contribution in [1.82, 2.24) is 0 Å². The van der Waals surface area contributed by atoms with Crippen LogP contribution in [0.25, 0.3) is 44.0 Å². The predicted molar refractivity (Wildman–Crippen MR) is 139 cm³/mol. The lowest BCUT2D eigenvalue weighted by molar-refractivity contribution is 0.0512. The number of ketones is 2. The van der Waals surface area contributed by atoms with Crippen molar-refractivity contribution in [2.75, 3.05) is 13.9 Å². The molecule has 0 amide bonds. The Labute approximate surface area is 210 Å². The van der Waals surface area contributed by atoms with Gasteiger partial charge in [0.25, 0.3) is 0 Å². The largest absolute Gasteiger partial charge is 0.467 e. The van der Waals surface area contributed by atoms with Gasteiger partial charge in [-0.3, -0.25) is 19.2 Å². The molecule has 3 aromatic carbocycles. The van der Waals surface area contributed by atoms with Crippen LogP contribution in [-0.4, -0.2) is 25.5 Å². The fourth-order valence-electron chi connectivity index (χ4n) is 4.49. The van der Waals surface area contributed by atoms with E-state index in [4.69, 9.17) is 18.3 Å². The minimum atomic E-state index is -0.471. The van der Waals surface area contributed by atoms with Crippen LogP contribution in [0.15, 0.2) is 67.2 Å². The van der Waals surface area contributed by atoms with E-state index in [-0.39, 0.29) is 56.4 Å². The fraction of sp³-hybridized carbons (Fsp3) is 0.172. The third-order valence-electron chi connectivity index (χ3n) is 6.21. The number of carbonyl (C=O) groups is 2. The zero-order valence-corrected chi connectivity index (χ0v) is 20.6. The van der Waals surface area contributed by atoms with Crippen LogP contribution < -0.4 is 15.6 Å². The van der Waals surface area contributed by atoms with E-state index in [1.165, 1.54) is 39.4 Å². The van der Waals surface area contributed by atoms with E-state index < -0.39 is 17.0 Å². The molecular formula is C29H22O8. The molecule has 0 aliphatic rings. The molecule has 0 radical (unpaired) electrons. The number of Topliss-reactive ketones (excluding diaryl/α,β-unsaturated/α-hetero) is 2. The molecule has 0 atom stereocenters. The number of benzene rings is 3. The van der Waals surface area contributed by atoms with Crippen LogP contribution in [0.2, 0.25) is 0 Å². The minimum Gasteiger partial charge on any atom is -0.467 e. The van der Waals surface area contributed by atoms with Crippen molar-refractivity contribution in [3.05, 3.63) is 85.9 Å². The summed E-state index contributed by atoms with van der Waals surface area (Å²) < 4.78 is 22.1. The Morgan fingerprint density at radius 2 is 1.59 bits per heavy atom. The van der Waals surface area contributed by atoms with Gasteiger partial charge in [-0.2, -0.15) is 0 Å². The number of ether oxygens (including phenoxy) is 2. The van der Waals surface area contributed by atoms with Crippen LogP contribution in [-0.2, 0) is 4.74 Å². The van der Waals surface area contributed by atoms with Crippen LogP contribution in [0.1, 0.15) is 40.1 Å². The summed E-state index contributed by atoms with van der Waals surface area (Å²) in [6.07, 6.45) is 1.20. The molecule has 2 aromatic heterocycles. The Morgan fingerprint density at radius 3 is 2.30 bits per heavy atom. The molecule has 5 rings (SSSR count). The Kier molecular flexibility index (Phi) is 5.97. The molecule has 0 aliphatic carbocycles. The van der Waals surface area contributed by atoms with Crippen LogP contribution in [0, 0.1) is 6.92 Å². The van der Waals surface area contributed by atoms with Gasteiger partial charge in [0.2, 0.25) is 10.9 Å². The van der Waals surface area contributed by atoms with Crippen molar-refractivity contribution in [2.45, 2.75) is 20.8 Å². The number of hydrogen-bond donors (Lipinski definition) is 0. The van der Waals surface area contributed by atoms with E-state index in [0.717, 1.165) is 5.56 Å². The predicted octanol–water partition coefficient (Wildman–Crippen LogP) is 5.42. The van der Waals surface area contributed by atoms with Crippen molar-refractivity contribution in [1.29, 1.82) is 0 Å². The highest BCUT2D eigenvalue weighted by Crippen LogP contribution is 2.35. The van der Waals surface area contributed by atoms with Gasteiger partial charge >= 0.3 is 0 Å². The molecule has 8 nitrogen and oxygen atoms in total. The van der Waals surface area contributed by atoms with Crippen LogP contribution in [0.3, 0.4) is 0 Å². The van der Waals surface area contributed by atoms with Gasteiger partial charge in [0.05, 0.1) is 27.3 Å². The van der Waals surface area contributed by atoms with E-state index in [0.29, 0.717) is 16.7 Å². The normalized spacial score (nSPS) is 11.4. The third kappa shape index (κ3) is 4.01. The van der Waals surface area contributed by atoms with Gasteiger partial charge in [-0.05, 0) is 56.7 Å².